The summed E-state index contributed by atoms with van der Waals surface area (Å²) < 4.78 is 11.1. The number of halogens is 1. The number of thiophene rings is 1. The summed E-state index contributed by atoms with van der Waals surface area (Å²) in [5.41, 5.74) is 1.44. The molecule has 0 radical (unpaired) electrons. The summed E-state index contributed by atoms with van der Waals surface area (Å²) in [5.74, 6) is 1.20. The lowest BCUT2D eigenvalue weighted by molar-refractivity contribution is 0.219. The van der Waals surface area contributed by atoms with Gasteiger partial charge < -0.3 is 14.6 Å². The third-order valence-electron chi connectivity index (χ3n) is 2.82. The van der Waals surface area contributed by atoms with Crippen LogP contribution >= 0.6 is 22.9 Å². The minimum Gasteiger partial charge on any atom is -0.490 e. The van der Waals surface area contributed by atoms with Gasteiger partial charge in [-0.25, -0.2) is 0 Å². The summed E-state index contributed by atoms with van der Waals surface area (Å²) in [6.45, 7) is 4.86. The minimum atomic E-state index is -0.761. The Kier molecular flexibility index (Phi) is 5.29. The standard InChI is InChI=1S/C15H17ClO3S/c1-3-18-13-7-11(12(16)8-14(13)19-4-2)15(17)10-5-6-20-9-10/h5-9,15,17H,3-4H2,1-2H3. The molecule has 5 heteroatoms. The van der Waals surface area contributed by atoms with Gasteiger partial charge in [0.2, 0.25) is 0 Å². The second kappa shape index (κ2) is 6.97. The monoisotopic (exact) mass is 312 g/mol. The SMILES string of the molecule is CCOc1cc(Cl)c(C(O)c2ccsc2)cc1OCC. The van der Waals surface area contributed by atoms with Crippen LogP contribution in [0.15, 0.2) is 29.0 Å². The van der Waals surface area contributed by atoms with E-state index in [1.807, 2.05) is 30.7 Å². The molecule has 0 spiro atoms. The molecule has 20 heavy (non-hydrogen) atoms. The Balaban J connectivity index is 2.40. The summed E-state index contributed by atoms with van der Waals surface area (Å²) in [5, 5.41) is 14.7. The highest BCUT2D eigenvalue weighted by Gasteiger charge is 2.18. The van der Waals surface area contributed by atoms with E-state index < -0.39 is 6.10 Å². The van der Waals surface area contributed by atoms with Crippen molar-refractivity contribution in [3.8, 4) is 11.5 Å². The quantitative estimate of drug-likeness (QED) is 0.865. The van der Waals surface area contributed by atoms with E-state index in [2.05, 4.69) is 0 Å². The fourth-order valence-electron chi connectivity index (χ4n) is 1.91. The van der Waals surface area contributed by atoms with Gasteiger partial charge in [0.1, 0.15) is 6.10 Å². The lowest BCUT2D eigenvalue weighted by Gasteiger charge is -2.17. The zero-order valence-electron chi connectivity index (χ0n) is 11.4. The van der Waals surface area contributed by atoms with Gasteiger partial charge in [-0.1, -0.05) is 11.6 Å². The van der Waals surface area contributed by atoms with Crippen molar-refractivity contribution in [2.75, 3.05) is 13.2 Å². The number of benzene rings is 1. The highest BCUT2D eigenvalue weighted by atomic mass is 35.5. The van der Waals surface area contributed by atoms with Gasteiger partial charge in [-0.2, -0.15) is 11.3 Å². The van der Waals surface area contributed by atoms with Gasteiger partial charge in [-0.15, -0.1) is 0 Å². The highest BCUT2D eigenvalue weighted by Crippen LogP contribution is 2.38. The molecule has 0 bridgehead atoms. The minimum absolute atomic E-state index is 0.468. The predicted octanol–water partition coefficient (Wildman–Crippen LogP) is 4.28. The third-order valence-corrected chi connectivity index (χ3v) is 3.85. The maximum Gasteiger partial charge on any atom is 0.162 e. The number of hydrogen-bond donors (Lipinski definition) is 1. The molecule has 1 aromatic carbocycles. The number of hydrogen-bond acceptors (Lipinski definition) is 4. The zero-order valence-corrected chi connectivity index (χ0v) is 13.0. The summed E-state index contributed by atoms with van der Waals surface area (Å²) in [6, 6.07) is 5.32. The van der Waals surface area contributed by atoms with Gasteiger partial charge in [0, 0.05) is 11.6 Å². The van der Waals surface area contributed by atoms with Gasteiger partial charge >= 0.3 is 0 Å². The van der Waals surface area contributed by atoms with E-state index in [9.17, 15) is 5.11 Å². The second-order valence-electron chi connectivity index (χ2n) is 4.15. The second-order valence-corrected chi connectivity index (χ2v) is 5.33. The fourth-order valence-corrected chi connectivity index (χ4v) is 2.84. The lowest BCUT2D eigenvalue weighted by Crippen LogP contribution is -2.03. The largest absolute Gasteiger partial charge is 0.490 e. The van der Waals surface area contributed by atoms with E-state index in [0.717, 1.165) is 5.56 Å². The van der Waals surface area contributed by atoms with E-state index in [0.29, 0.717) is 35.3 Å². The molecule has 1 N–H and O–H groups in total. The molecular formula is C15H17ClO3S. The molecule has 1 unspecified atom stereocenters. The fraction of sp³-hybridized carbons (Fsp3) is 0.333. The molecule has 0 aliphatic rings. The maximum absolute atomic E-state index is 10.4. The molecule has 0 saturated carbocycles. The summed E-state index contributed by atoms with van der Waals surface area (Å²) in [7, 11) is 0. The van der Waals surface area contributed by atoms with Crippen LogP contribution in [0.4, 0.5) is 0 Å². The van der Waals surface area contributed by atoms with E-state index in [1.165, 1.54) is 11.3 Å². The van der Waals surface area contributed by atoms with Crippen molar-refractivity contribution >= 4 is 22.9 Å². The molecule has 1 heterocycles. The normalized spacial score (nSPS) is 12.2. The average Bonchev–Trinajstić information content (AvgIpc) is 2.95. The van der Waals surface area contributed by atoms with Crippen molar-refractivity contribution in [3.05, 3.63) is 45.1 Å². The van der Waals surface area contributed by atoms with Crippen LogP contribution in [0, 0.1) is 0 Å². The Labute approximate surface area is 127 Å². The van der Waals surface area contributed by atoms with Crippen molar-refractivity contribution in [2.24, 2.45) is 0 Å². The number of aliphatic hydroxyl groups excluding tert-OH is 1. The Morgan fingerprint density at radius 1 is 1.20 bits per heavy atom. The molecule has 2 aromatic rings. The Morgan fingerprint density at radius 2 is 1.85 bits per heavy atom. The topological polar surface area (TPSA) is 38.7 Å². The Hall–Kier alpha value is -1.23. The summed E-state index contributed by atoms with van der Waals surface area (Å²) >= 11 is 7.79. The first-order valence-corrected chi connectivity index (χ1v) is 7.78. The molecule has 0 saturated heterocycles. The van der Waals surface area contributed by atoms with Crippen LogP contribution in [-0.2, 0) is 0 Å². The smallest absolute Gasteiger partial charge is 0.162 e. The summed E-state index contributed by atoms with van der Waals surface area (Å²) in [6.07, 6.45) is -0.761. The highest BCUT2D eigenvalue weighted by molar-refractivity contribution is 7.08. The lowest BCUT2D eigenvalue weighted by atomic mass is 10.0. The Morgan fingerprint density at radius 3 is 2.40 bits per heavy atom. The van der Waals surface area contributed by atoms with E-state index in [1.54, 1.807) is 12.1 Å². The predicted molar refractivity (Wildman–Crippen MR) is 82.2 cm³/mol. The molecule has 108 valence electrons. The molecule has 2 rings (SSSR count). The molecule has 0 aliphatic heterocycles. The first-order chi connectivity index (χ1) is 9.67. The zero-order chi connectivity index (χ0) is 14.5. The molecular weight excluding hydrogens is 296 g/mol. The number of aliphatic hydroxyl groups is 1. The van der Waals surface area contributed by atoms with Crippen molar-refractivity contribution in [1.82, 2.24) is 0 Å². The van der Waals surface area contributed by atoms with Crippen LogP contribution in [0.1, 0.15) is 31.1 Å². The van der Waals surface area contributed by atoms with Crippen LogP contribution in [0.2, 0.25) is 5.02 Å². The summed E-state index contributed by atoms with van der Waals surface area (Å²) in [4.78, 5) is 0. The first-order valence-electron chi connectivity index (χ1n) is 6.46. The average molecular weight is 313 g/mol. The van der Waals surface area contributed by atoms with Gasteiger partial charge in [0.15, 0.2) is 11.5 Å². The van der Waals surface area contributed by atoms with Crippen molar-refractivity contribution in [3.63, 3.8) is 0 Å². The number of ether oxygens (including phenoxy) is 2. The van der Waals surface area contributed by atoms with Crippen molar-refractivity contribution < 1.29 is 14.6 Å². The van der Waals surface area contributed by atoms with Crippen LogP contribution < -0.4 is 9.47 Å². The molecule has 0 aliphatic carbocycles. The van der Waals surface area contributed by atoms with Gasteiger partial charge in [-0.05, 0) is 42.3 Å². The molecule has 0 amide bonds. The van der Waals surface area contributed by atoms with Crippen LogP contribution in [0.3, 0.4) is 0 Å². The van der Waals surface area contributed by atoms with Gasteiger partial charge in [0.25, 0.3) is 0 Å². The van der Waals surface area contributed by atoms with Crippen LogP contribution in [-0.4, -0.2) is 18.3 Å². The molecule has 1 atom stereocenters. The Bertz CT molecular complexity index is 554. The van der Waals surface area contributed by atoms with E-state index >= 15 is 0 Å². The van der Waals surface area contributed by atoms with Gasteiger partial charge in [-0.3, -0.25) is 0 Å². The molecule has 3 nitrogen and oxygen atoms in total. The third kappa shape index (κ3) is 3.26. The van der Waals surface area contributed by atoms with Crippen molar-refractivity contribution in [2.45, 2.75) is 20.0 Å². The van der Waals surface area contributed by atoms with Crippen LogP contribution in [0.25, 0.3) is 0 Å². The molecule has 0 fully saturated rings. The van der Waals surface area contributed by atoms with E-state index in [-0.39, 0.29) is 0 Å². The van der Waals surface area contributed by atoms with Crippen molar-refractivity contribution in [1.29, 1.82) is 0 Å². The maximum atomic E-state index is 10.4. The van der Waals surface area contributed by atoms with Gasteiger partial charge in [0.05, 0.1) is 18.2 Å². The van der Waals surface area contributed by atoms with Crippen LogP contribution in [0.5, 0.6) is 11.5 Å². The number of rotatable bonds is 6. The molecule has 1 aromatic heterocycles. The first kappa shape index (κ1) is 15.2. The van der Waals surface area contributed by atoms with E-state index in [4.69, 9.17) is 21.1 Å².